The lowest BCUT2D eigenvalue weighted by atomic mass is 10.0. The number of carbonyl (C=O) groups excluding carboxylic acids is 1. The summed E-state index contributed by atoms with van der Waals surface area (Å²) in [6.07, 6.45) is 2.03. The first kappa shape index (κ1) is 19.9. The molecule has 0 saturated carbocycles. The van der Waals surface area contributed by atoms with Gasteiger partial charge in [-0.2, -0.15) is 4.31 Å². The summed E-state index contributed by atoms with van der Waals surface area (Å²) in [5.74, 6) is -0.468. The zero-order chi connectivity index (χ0) is 19.4. The Bertz CT molecular complexity index is 897. The van der Waals surface area contributed by atoms with Crippen LogP contribution in [0.25, 0.3) is 0 Å². The highest BCUT2D eigenvalue weighted by atomic mass is 32.2. The van der Waals surface area contributed by atoms with E-state index in [1.54, 1.807) is 6.92 Å². The zero-order valence-electron chi connectivity index (χ0n) is 15.0. The van der Waals surface area contributed by atoms with Gasteiger partial charge in [-0.25, -0.2) is 17.8 Å². The number of carbonyl (C=O) groups is 1. The molecule has 1 amide bonds. The van der Waals surface area contributed by atoms with Crippen molar-refractivity contribution in [3.63, 3.8) is 0 Å². The highest BCUT2D eigenvalue weighted by Gasteiger charge is 2.32. The first-order valence-corrected chi connectivity index (χ1v) is 11.2. The van der Waals surface area contributed by atoms with Gasteiger partial charge in [0.25, 0.3) is 0 Å². The van der Waals surface area contributed by atoms with Gasteiger partial charge >= 0.3 is 0 Å². The standard InChI is InChI=1S/C18H22FN3O3S2/c1-2-17(23)20-10-15-12-26-18(21-15)13-4-3-9-22(11-13)27(24,25)16-7-5-14(19)6-8-16/h5-8,12-13H,2-4,9-11H2,1H3,(H,20,23)/t13-/m1/s1. The Morgan fingerprint density at radius 3 is 2.81 bits per heavy atom. The summed E-state index contributed by atoms with van der Waals surface area (Å²) in [5.41, 5.74) is 0.787. The number of nitrogens with zero attached hydrogens (tertiary/aromatic N) is 2. The molecule has 146 valence electrons. The van der Waals surface area contributed by atoms with Gasteiger partial charge in [0, 0.05) is 30.8 Å². The number of nitrogens with one attached hydrogen (secondary N) is 1. The van der Waals surface area contributed by atoms with Crippen molar-refractivity contribution in [2.45, 2.75) is 43.5 Å². The Balaban J connectivity index is 1.70. The maximum Gasteiger partial charge on any atom is 0.243 e. The van der Waals surface area contributed by atoms with E-state index < -0.39 is 15.8 Å². The van der Waals surface area contributed by atoms with Crippen LogP contribution in [0.2, 0.25) is 0 Å². The Morgan fingerprint density at radius 2 is 2.11 bits per heavy atom. The minimum absolute atomic E-state index is 0.0228. The van der Waals surface area contributed by atoms with Crippen molar-refractivity contribution >= 4 is 27.3 Å². The molecule has 1 fully saturated rings. The molecule has 2 aromatic rings. The number of thiazole rings is 1. The molecule has 0 spiro atoms. The minimum Gasteiger partial charge on any atom is -0.350 e. The third-order valence-electron chi connectivity index (χ3n) is 4.54. The number of halogens is 1. The van der Waals surface area contributed by atoms with Gasteiger partial charge in [-0.3, -0.25) is 4.79 Å². The highest BCUT2D eigenvalue weighted by molar-refractivity contribution is 7.89. The fraction of sp³-hybridized carbons (Fsp3) is 0.444. The minimum atomic E-state index is -3.65. The van der Waals surface area contributed by atoms with E-state index in [0.29, 0.717) is 26.1 Å². The van der Waals surface area contributed by atoms with Crippen molar-refractivity contribution in [3.8, 4) is 0 Å². The van der Waals surface area contributed by atoms with E-state index in [1.165, 1.54) is 27.8 Å². The molecule has 1 saturated heterocycles. The zero-order valence-corrected chi connectivity index (χ0v) is 16.7. The first-order valence-electron chi connectivity index (χ1n) is 8.87. The van der Waals surface area contributed by atoms with E-state index in [0.717, 1.165) is 35.7 Å². The van der Waals surface area contributed by atoms with Crippen LogP contribution in [0.1, 0.15) is 42.8 Å². The van der Waals surface area contributed by atoms with Gasteiger partial charge < -0.3 is 5.32 Å². The van der Waals surface area contributed by atoms with Crippen LogP contribution in [0.15, 0.2) is 34.5 Å². The third kappa shape index (κ3) is 4.72. The van der Waals surface area contributed by atoms with E-state index in [-0.39, 0.29) is 16.7 Å². The molecule has 1 aromatic carbocycles. The highest BCUT2D eigenvalue weighted by Crippen LogP contribution is 2.32. The van der Waals surface area contributed by atoms with Crippen molar-refractivity contribution in [2.75, 3.05) is 13.1 Å². The van der Waals surface area contributed by atoms with Gasteiger partial charge in [0.2, 0.25) is 15.9 Å². The van der Waals surface area contributed by atoms with Crippen LogP contribution in [0, 0.1) is 5.82 Å². The average Bonchev–Trinajstić information content (AvgIpc) is 3.15. The number of hydrogen-bond acceptors (Lipinski definition) is 5. The van der Waals surface area contributed by atoms with Crippen LogP contribution in [0.3, 0.4) is 0 Å². The average molecular weight is 412 g/mol. The summed E-state index contributed by atoms with van der Waals surface area (Å²) in [7, 11) is -3.65. The predicted octanol–water partition coefficient (Wildman–Crippen LogP) is 2.88. The Hall–Kier alpha value is -1.84. The van der Waals surface area contributed by atoms with Crippen molar-refractivity contribution in [2.24, 2.45) is 0 Å². The second kappa shape index (κ2) is 8.45. The molecule has 1 atom stereocenters. The smallest absolute Gasteiger partial charge is 0.243 e. The van der Waals surface area contributed by atoms with Gasteiger partial charge in [-0.15, -0.1) is 11.3 Å². The molecule has 9 heteroatoms. The normalized spacial score (nSPS) is 18.4. The molecule has 1 aliphatic rings. The fourth-order valence-electron chi connectivity index (χ4n) is 3.02. The number of hydrogen-bond donors (Lipinski definition) is 1. The van der Waals surface area contributed by atoms with Gasteiger partial charge in [-0.05, 0) is 37.1 Å². The van der Waals surface area contributed by atoms with Crippen molar-refractivity contribution in [3.05, 3.63) is 46.2 Å². The van der Waals surface area contributed by atoms with E-state index in [9.17, 15) is 17.6 Å². The summed E-state index contributed by atoms with van der Waals surface area (Å²) in [4.78, 5) is 16.0. The molecule has 6 nitrogen and oxygen atoms in total. The molecule has 0 radical (unpaired) electrons. The number of aromatic nitrogens is 1. The lowest BCUT2D eigenvalue weighted by Gasteiger charge is -2.31. The summed E-state index contributed by atoms with van der Waals surface area (Å²) in [6, 6.07) is 4.91. The van der Waals surface area contributed by atoms with Crippen LogP contribution < -0.4 is 5.32 Å². The maximum absolute atomic E-state index is 13.1. The molecule has 2 heterocycles. The maximum atomic E-state index is 13.1. The van der Waals surface area contributed by atoms with E-state index in [1.807, 2.05) is 5.38 Å². The summed E-state index contributed by atoms with van der Waals surface area (Å²) in [6.45, 7) is 2.97. The van der Waals surface area contributed by atoms with Gasteiger partial charge in [-0.1, -0.05) is 6.92 Å². The number of rotatable bonds is 6. The Kier molecular flexibility index (Phi) is 6.23. The van der Waals surface area contributed by atoms with E-state index in [4.69, 9.17) is 0 Å². The predicted molar refractivity (Wildman–Crippen MR) is 101 cm³/mol. The molecule has 0 aliphatic carbocycles. The van der Waals surface area contributed by atoms with Gasteiger partial charge in [0.1, 0.15) is 5.82 Å². The van der Waals surface area contributed by atoms with E-state index >= 15 is 0 Å². The lowest BCUT2D eigenvalue weighted by Crippen LogP contribution is -2.39. The van der Waals surface area contributed by atoms with Crippen LogP contribution in [-0.4, -0.2) is 36.7 Å². The number of amides is 1. The summed E-state index contributed by atoms with van der Waals surface area (Å²) >= 11 is 1.49. The molecule has 1 N–H and O–H groups in total. The third-order valence-corrected chi connectivity index (χ3v) is 7.48. The molecule has 1 aliphatic heterocycles. The molecular weight excluding hydrogens is 389 g/mol. The molecule has 0 bridgehead atoms. The van der Waals surface area contributed by atoms with Crippen LogP contribution in [0.4, 0.5) is 4.39 Å². The SMILES string of the molecule is CCC(=O)NCc1csc([C@@H]2CCCN(S(=O)(=O)c3ccc(F)cc3)C2)n1. The molecule has 1 aromatic heterocycles. The van der Waals surface area contributed by atoms with Crippen molar-refractivity contribution in [1.29, 1.82) is 0 Å². The second-order valence-corrected chi connectivity index (χ2v) is 9.29. The van der Waals surface area contributed by atoms with Crippen molar-refractivity contribution < 1.29 is 17.6 Å². The number of piperidine rings is 1. The lowest BCUT2D eigenvalue weighted by molar-refractivity contribution is -0.120. The quantitative estimate of drug-likeness (QED) is 0.793. The summed E-state index contributed by atoms with van der Waals surface area (Å²) < 4.78 is 40.2. The molecular formula is C18H22FN3O3S2. The van der Waals surface area contributed by atoms with Crippen LogP contribution in [-0.2, 0) is 21.4 Å². The van der Waals surface area contributed by atoms with Crippen LogP contribution >= 0.6 is 11.3 Å². The number of benzene rings is 1. The Morgan fingerprint density at radius 1 is 1.37 bits per heavy atom. The van der Waals surface area contributed by atoms with Crippen LogP contribution in [0.5, 0.6) is 0 Å². The molecule has 27 heavy (non-hydrogen) atoms. The van der Waals surface area contributed by atoms with Gasteiger partial charge in [0.15, 0.2) is 0 Å². The monoisotopic (exact) mass is 411 g/mol. The summed E-state index contributed by atoms with van der Waals surface area (Å²) in [5, 5.41) is 5.58. The largest absolute Gasteiger partial charge is 0.350 e. The van der Waals surface area contributed by atoms with Crippen molar-refractivity contribution in [1.82, 2.24) is 14.6 Å². The topological polar surface area (TPSA) is 79.4 Å². The van der Waals surface area contributed by atoms with E-state index in [2.05, 4.69) is 10.3 Å². The molecule has 0 unspecified atom stereocenters. The second-order valence-electron chi connectivity index (χ2n) is 6.46. The van der Waals surface area contributed by atoms with Gasteiger partial charge in [0.05, 0.1) is 22.1 Å². The Labute approximate surface area is 162 Å². The molecule has 3 rings (SSSR count). The fourth-order valence-corrected chi connectivity index (χ4v) is 5.49. The first-order chi connectivity index (χ1) is 12.9. The number of sulfonamides is 1.